The first-order valence-corrected chi connectivity index (χ1v) is 7.11. The van der Waals surface area contributed by atoms with Crippen molar-refractivity contribution in [3.63, 3.8) is 0 Å². The van der Waals surface area contributed by atoms with E-state index in [1.807, 2.05) is 6.20 Å². The Morgan fingerprint density at radius 2 is 1.63 bits per heavy atom. The Kier molecular flexibility index (Phi) is 2.54. The van der Waals surface area contributed by atoms with Crippen LogP contribution in [-0.2, 0) is 0 Å². The molecule has 0 aromatic rings. The monoisotopic (exact) mass is 250 g/mol. The van der Waals surface area contributed by atoms with Gasteiger partial charge in [0.05, 0.1) is 12.1 Å². The number of aliphatic imine (C=N–C) groups is 1. The number of allylic oxidation sites excluding steroid dienone is 5. The maximum atomic E-state index is 4.38. The molecule has 96 valence electrons. The third kappa shape index (κ3) is 1.74. The molecule has 0 N–H and O–H groups in total. The van der Waals surface area contributed by atoms with Gasteiger partial charge >= 0.3 is 0 Å². The van der Waals surface area contributed by atoms with Crippen LogP contribution in [0.25, 0.3) is 0 Å². The third-order valence-corrected chi connectivity index (χ3v) is 4.70. The molecular weight excluding hydrogens is 232 g/mol. The standard InChI is InChI=1S/C17H18N2/c1-3-7-15-13(5-1)11-14-6-2-4-8-16(14)19-10-9-18-12-17(15)19/h1-10,12-17H,11H2. The average molecular weight is 250 g/mol. The van der Waals surface area contributed by atoms with Crippen LogP contribution >= 0.6 is 0 Å². The number of rotatable bonds is 0. The fourth-order valence-corrected chi connectivity index (χ4v) is 3.79. The van der Waals surface area contributed by atoms with Crippen LogP contribution in [0.1, 0.15) is 6.42 Å². The van der Waals surface area contributed by atoms with Crippen LogP contribution < -0.4 is 0 Å². The van der Waals surface area contributed by atoms with Gasteiger partial charge in [0, 0.05) is 30.5 Å². The summed E-state index contributed by atoms with van der Waals surface area (Å²) < 4.78 is 0. The summed E-state index contributed by atoms with van der Waals surface area (Å²) in [6, 6.07) is 0.868. The quantitative estimate of drug-likeness (QED) is 0.645. The van der Waals surface area contributed by atoms with E-state index in [-0.39, 0.29) is 0 Å². The molecule has 5 unspecified atom stereocenters. The maximum Gasteiger partial charge on any atom is 0.0714 e. The van der Waals surface area contributed by atoms with E-state index in [1.54, 1.807) is 0 Å². The molecule has 19 heavy (non-hydrogen) atoms. The molecule has 0 spiro atoms. The molecule has 0 bridgehead atoms. The van der Waals surface area contributed by atoms with E-state index in [0.29, 0.717) is 29.8 Å². The molecule has 4 aliphatic rings. The maximum absolute atomic E-state index is 4.38. The van der Waals surface area contributed by atoms with Gasteiger partial charge in [-0.1, -0.05) is 48.6 Å². The molecule has 0 radical (unpaired) electrons. The lowest BCUT2D eigenvalue weighted by molar-refractivity contribution is 0.237. The van der Waals surface area contributed by atoms with E-state index < -0.39 is 0 Å². The fourth-order valence-electron chi connectivity index (χ4n) is 3.79. The van der Waals surface area contributed by atoms with Crippen molar-refractivity contribution in [2.45, 2.75) is 18.5 Å². The summed E-state index contributed by atoms with van der Waals surface area (Å²) in [6.45, 7) is 0. The number of nitrogens with zero attached hydrogens (tertiary/aromatic N) is 2. The van der Waals surface area contributed by atoms with Gasteiger partial charge < -0.3 is 4.90 Å². The molecule has 2 heteroatoms. The minimum atomic E-state index is 0.391. The van der Waals surface area contributed by atoms with Crippen LogP contribution in [0.15, 0.2) is 66.0 Å². The largest absolute Gasteiger partial charge is 0.360 e. The second-order valence-electron chi connectivity index (χ2n) is 5.71. The van der Waals surface area contributed by atoms with Gasteiger partial charge in [-0.25, -0.2) is 0 Å². The van der Waals surface area contributed by atoms with E-state index >= 15 is 0 Å². The van der Waals surface area contributed by atoms with Gasteiger partial charge in [-0.15, -0.1) is 0 Å². The zero-order chi connectivity index (χ0) is 12.7. The second-order valence-corrected chi connectivity index (χ2v) is 5.71. The molecule has 2 nitrogen and oxygen atoms in total. The van der Waals surface area contributed by atoms with Crippen molar-refractivity contribution in [3.05, 3.63) is 61.0 Å². The van der Waals surface area contributed by atoms with Crippen molar-refractivity contribution < 1.29 is 0 Å². The predicted molar refractivity (Wildman–Crippen MR) is 78.7 cm³/mol. The van der Waals surface area contributed by atoms with Crippen molar-refractivity contribution in [2.75, 3.05) is 0 Å². The summed E-state index contributed by atoms with van der Waals surface area (Å²) in [6.07, 6.45) is 25.6. The SMILES string of the molecule is C1=CC2CC3C=CC=CC3N3C=CN=CC3C2C=C1. The van der Waals surface area contributed by atoms with Gasteiger partial charge in [0.2, 0.25) is 0 Å². The van der Waals surface area contributed by atoms with Crippen molar-refractivity contribution in [2.24, 2.45) is 22.7 Å². The van der Waals surface area contributed by atoms with Crippen LogP contribution in [0.2, 0.25) is 0 Å². The van der Waals surface area contributed by atoms with Crippen molar-refractivity contribution >= 4 is 6.21 Å². The highest BCUT2D eigenvalue weighted by Gasteiger charge is 2.40. The summed E-state index contributed by atoms with van der Waals surface area (Å²) in [5.41, 5.74) is 0. The molecular formula is C17H18N2. The minimum absolute atomic E-state index is 0.391. The van der Waals surface area contributed by atoms with Gasteiger partial charge in [-0.2, -0.15) is 0 Å². The van der Waals surface area contributed by atoms with E-state index in [9.17, 15) is 0 Å². The van der Waals surface area contributed by atoms with Gasteiger partial charge in [-0.3, -0.25) is 4.99 Å². The molecule has 0 aromatic carbocycles. The number of hydrogen-bond acceptors (Lipinski definition) is 2. The second kappa shape index (κ2) is 4.37. The highest BCUT2D eigenvalue weighted by Crippen LogP contribution is 2.40. The Bertz CT molecular complexity index is 487. The smallest absolute Gasteiger partial charge is 0.0714 e. The number of fused-ring (bicyclic) bond motifs is 5. The van der Waals surface area contributed by atoms with Gasteiger partial charge in [0.15, 0.2) is 0 Å². The lowest BCUT2D eigenvalue weighted by atomic mass is 9.79. The molecule has 1 saturated heterocycles. The topological polar surface area (TPSA) is 15.6 Å². The summed E-state index contributed by atoms with van der Waals surface area (Å²) in [7, 11) is 0. The molecule has 4 rings (SSSR count). The van der Waals surface area contributed by atoms with E-state index in [1.165, 1.54) is 6.42 Å². The van der Waals surface area contributed by atoms with Crippen molar-refractivity contribution in [3.8, 4) is 0 Å². The molecule has 0 saturated carbocycles. The molecule has 0 amide bonds. The molecule has 0 aromatic heterocycles. The molecule has 2 aliphatic carbocycles. The van der Waals surface area contributed by atoms with Crippen LogP contribution in [-0.4, -0.2) is 23.2 Å². The van der Waals surface area contributed by atoms with E-state index in [4.69, 9.17) is 0 Å². The predicted octanol–water partition coefficient (Wildman–Crippen LogP) is 3.09. The first-order chi connectivity index (χ1) is 9.43. The Labute approximate surface area is 114 Å². The Morgan fingerprint density at radius 1 is 0.842 bits per heavy atom. The van der Waals surface area contributed by atoms with Gasteiger partial charge in [0.1, 0.15) is 0 Å². The van der Waals surface area contributed by atoms with E-state index in [0.717, 1.165) is 0 Å². The van der Waals surface area contributed by atoms with Gasteiger partial charge in [0.25, 0.3) is 0 Å². The van der Waals surface area contributed by atoms with Crippen LogP contribution in [0.3, 0.4) is 0 Å². The van der Waals surface area contributed by atoms with Crippen molar-refractivity contribution in [1.82, 2.24) is 4.90 Å². The zero-order valence-electron chi connectivity index (χ0n) is 10.8. The molecule has 1 fully saturated rings. The Hall–Kier alpha value is -1.83. The first kappa shape index (κ1) is 11.0. The highest BCUT2D eigenvalue weighted by molar-refractivity contribution is 5.68. The Balaban J connectivity index is 1.78. The molecule has 2 heterocycles. The fraction of sp³-hybridized carbons (Fsp3) is 0.353. The minimum Gasteiger partial charge on any atom is -0.360 e. The van der Waals surface area contributed by atoms with Crippen LogP contribution in [0.5, 0.6) is 0 Å². The molecule has 2 aliphatic heterocycles. The highest BCUT2D eigenvalue weighted by atomic mass is 15.2. The summed E-state index contributed by atoms with van der Waals surface area (Å²) in [4.78, 5) is 6.88. The Morgan fingerprint density at radius 3 is 2.58 bits per heavy atom. The normalized spacial score (nSPS) is 41.7. The summed E-state index contributed by atoms with van der Waals surface area (Å²) in [5, 5.41) is 0. The number of hydrogen-bond donors (Lipinski definition) is 0. The average Bonchev–Trinajstić information content (AvgIpc) is 2.62. The summed E-state index contributed by atoms with van der Waals surface area (Å²) in [5.74, 6) is 1.78. The zero-order valence-corrected chi connectivity index (χ0v) is 10.8. The molecule has 5 atom stereocenters. The van der Waals surface area contributed by atoms with Crippen molar-refractivity contribution in [1.29, 1.82) is 0 Å². The van der Waals surface area contributed by atoms with Gasteiger partial charge in [-0.05, 0) is 12.3 Å². The van der Waals surface area contributed by atoms with Crippen LogP contribution in [0.4, 0.5) is 0 Å². The lowest BCUT2D eigenvalue weighted by Gasteiger charge is -2.39. The first-order valence-electron chi connectivity index (χ1n) is 7.11. The van der Waals surface area contributed by atoms with E-state index in [2.05, 4.69) is 70.9 Å². The summed E-state index contributed by atoms with van der Waals surface area (Å²) >= 11 is 0. The van der Waals surface area contributed by atoms with Crippen LogP contribution in [0, 0.1) is 17.8 Å². The lowest BCUT2D eigenvalue weighted by Crippen LogP contribution is -2.45. The third-order valence-electron chi connectivity index (χ3n) is 4.70.